The fraction of sp³-hybridized carbons (Fsp3) is 0.579. The first-order chi connectivity index (χ1) is 12.9. The summed E-state index contributed by atoms with van der Waals surface area (Å²) < 4.78 is 6.72. The smallest absolute Gasteiger partial charge is 0.235 e. The van der Waals surface area contributed by atoms with Gasteiger partial charge in [0.05, 0.1) is 22.7 Å². The molecule has 0 aliphatic carbocycles. The van der Waals surface area contributed by atoms with Crippen molar-refractivity contribution in [2.75, 3.05) is 22.1 Å². The highest BCUT2D eigenvalue weighted by atomic mass is 32.2. The van der Waals surface area contributed by atoms with Gasteiger partial charge >= 0.3 is 0 Å². The maximum atomic E-state index is 12.4. The molecule has 0 unspecified atom stereocenters. The average molecular weight is 408 g/mol. The number of anilines is 2. The lowest BCUT2D eigenvalue weighted by atomic mass is 9.92. The van der Waals surface area contributed by atoms with Crippen LogP contribution < -0.4 is 10.6 Å². The van der Waals surface area contributed by atoms with Gasteiger partial charge in [0, 0.05) is 17.5 Å². The Morgan fingerprint density at radius 1 is 1.07 bits per heavy atom. The number of aromatic nitrogens is 3. The Balaban J connectivity index is 1.92. The van der Waals surface area contributed by atoms with Gasteiger partial charge in [-0.15, -0.1) is 11.8 Å². The molecule has 9 heteroatoms. The predicted molar refractivity (Wildman–Crippen MR) is 112 cm³/mol. The summed E-state index contributed by atoms with van der Waals surface area (Å²) in [5.74, 6) is 1.53. The molecule has 0 aliphatic rings. The SMILES string of the molecule is Cc1cc(NC(=O)CSCC(=O)Nc2cc(C(C)(C)C)nn2C(C)(C)C)no1. The molecule has 0 spiro atoms. The van der Waals surface area contributed by atoms with Crippen molar-refractivity contribution in [3.63, 3.8) is 0 Å². The predicted octanol–water partition coefficient (Wildman–Crippen LogP) is 3.54. The van der Waals surface area contributed by atoms with Crippen molar-refractivity contribution in [3.05, 3.63) is 23.6 Å². The van der Waals surface area contributed by atoms with Crippen molar-refractivity contribution in [3.8, 4) is 0 Å². The maximum absolute atomic E-state index is 12.4. The van der Waals surface area contributed by atoms with Crippen LogP contribution in [0.25, 0.3) is 0 Å². The van der Waals surface area contributed by atoms with Crippen LogP contribution in [0.5, 0.6) is 0 Å². The number of nitrogens with zero attached hydrogens (tertiary/aromatic N) is 3. The monoisotopic (exact) mass is 407 g/mol. The fourth-order valence-electron chi connectivity index (χ4n) is 2.37. The van der Waals surface area contributed by atoms with Gasteiger partial charge in [0.2, 0.25) is 11.8 Å². The standard InChI is InChI=1S/C19H29N5O3S/c1-12-8-14(23-27-12)20-16(25)10-28-11-17(26)21-15-9-13(18(2,3)4)22-24(15)19(5,6)7/h8-9H,10-11H2,1-7H3,(H,21,26)(H,20,23,25). The van der Waals surface area contributed by atoms with Crippen LogP contribution in [0.15, 0.2) is 16.7 Å². The highest BCUT2D eigenvalue weighted by Crippen LogP contribution is 2.28. The van der Waals surface area contributed by atoms with Crippen molar-refractivity contribution in [1.82, 2.24) is 14.9 Å². The second-order valence-corrected chi connectivity index (χ2v) is 9.64. The van der Waals surface area contributed by atoms with E-state index in [1.54, 1.807) is 13.0 Å². The molecule has 2 aromatic heterocycles. The van der Waals surface area contributed by atoms with Gasteiger partial charge in [-0.1, -0.05) is 25.9 Å². The Bertz CT molecular complexity index is 843. The minimum absolute atomic E-state index is 0.123. The summed E-state index contributed by atoms with van der Waals surface area (Å²) in [7, 11) is 0. The second-order valence-electron chi connectivity index (χ2n) is 8.66. The Kier molecular flexibility index (Phi) is 6.59. The lowest BCUT2D eigenvalue weighted by Gasteiger charge is -2.23. The van der Waals surface area contributed by atoms with E-state index in [1.165, 1.54) is 11.8 Å². The topological polar surface area (TPSA) is 102 Å². The first kappa shape index (κ1) is 22.0. The van der Waals surface area contributed by atoms with E-state index < -0.39 is 0 Å². The minimum atomic E-state index is -0.269. The molecular formula is C19H29N5O3S. The summed E-state index contributed by atoms with van der Waals surface area (Å²) in [6, 6.07) is 3.54. The average Bonchev–Trinajstić information content (AvgIpc) is 3.13. The van der Waals surface area contributed by atoms with E-state index in [4.69, 9.17) is 4.52 Å². The number of hydrogen-bond donors (Lipinski definition) is 2. The largest absolute Gasteiger partial charge is 0.360 e. The molecule has 2 rings (SSSR count). The number of hydrogen-bond acceptors (Lipinski definition) is 6. The van der Waals surface area contributed by atoms with Crippen LogP contribution in [0.4, 0.5) is 11.6 Å². The highest BCUT2D eigenvalue weighted by Gasteiger charge is 2.25. The summed E-state index contributed by atoms with van der Waals surface area (Å²) in [4.78, 5) is 24.3. The molecule has 2 heterocycles. The number of nitrogens with one attached hydrogen (secondary N) is 2. The third-order valence-corrected chi connectivity index (χ3v) is 4.68. The van der Waals surface area contributed by atoms with E-state index in [1.807, 2.05) is 31.5 Å². The number of carbonyl (C=O) groups excluding carboxylic acids is 2. The molecule has 2 aromatic rings. The zero-order valence-corrected chi connectivity index (χ0v) is 18.4. The van der Waals surface area contributed by atoms with Crippen LogP contribution in [0, 0.1) is 6.92 Å². The molecular weight excluding hydrogens is 378 g/mol. The number of amides is 2. The molecule has 0 saturated carbocycles. The quantitative estimate of drug-likeness (QED) is 0.759. The van der Waals surface area contributed by atoms with Gasteiger partial charge in [0.25, 0.3) is 0 Å². The van der Waals surface area contributed by atoms with E-state index in [-0.39, 0.29) is 34.3 Å². The van der Waals surface area contributed by atoms with Crippen molar-refractivity contribution in [2.24, 2.45) is 0 Å². The molecule has 0 fully saturated rings. The first-order valence-electron chi connectivity index (χ1n) is 9.08. The van der Waals surface area contributed by atoms with E-state index >= 15 is 0 Å². The number of rotatable bonds is 6. The molecule has 154 valence electrons. The lowest BCUT2D eigenvalue weighted by molar-refractivity contribution is -0.114. The van der Waals surface area contributed by atoms with Crippen LogP contribution in [0.1, 0.15) is 53.0 Å². The third kappa shape index (κ3) is 6.12. The summed E-state index contributed by atoms with van der Waals surface area (Å²) in [5.41, 5.74) is 0.518. The van der Waals surface area contributed by atoms with Gasteiger partial charge in [0.1, 0.15) is 11.6 Å². The Hall–Kier alpha value is -2.29. The van der Waals surface area contributed by atoms with Gasteiger partial charge in [0.15, 0.2) is 5.82 Å². The Morgan fingerprint density at radius 2 is 1.68 bits per heavy atom. The van der Waals surface area contributed by atoms with Gasteiger partial charge in [-0.05, 0) is 27.7 Å². The van der Waals surface area contributed by atoms with E-state index in [9.17, 15) is 9.59 Å². The van der Waals surface area contributed by atoms with Gasteiger partial charge in [-0.3, -0.25) is 9.59 Å². The first-order valence-corrected chi connectivity index (χ1v) is 10.2. The van der Waals surface area contributed by atoms with Gasteiger partial charge < -0.3 is 15.2 Å². The van der Waals surface area contributed by atoms with Crippen molar-refractivity contribution in [2.45, 2.75) is 59.4 Å². The van der Waals surface area contributed by atoms with Crippen LogP contribution >= 0.6 is 11.8 Å². The molecule has 2 N–H and O–H groups in total. The minimum Gasteiger partial charge on any atom is -0.360 e. The zero-order chi connectivity index (χ0) is 21.1. The fourth-order valence-corrected chi connectivity index (χ4v) is 2.98. The van der Waals surface area contributed by atoms with E-state index in [0.717, 1.165) is 5.69 Å². The molecule has 0 bridgehead atoms. The maximum Gasteiger partial charge on any atom is 0.235 e. The third-order valence-electron chi connectivity index (χ3n) is 3.74. The van der Waals surface area contributed by atoms with Crippen LogP contribution in [0.3, 0.4) is 0 Å². The Labute approximate surface area is 169 Å². The van der Waals surface area contributed by atoms with Crippen molar-refractivity contribution >= 4 is 35.2 Å². The molecule has 0 aromatic carbocycles. The molecule has 28 heavy (non-hydrogen) atoms. The zero-order valence-electron chi connectivity index (χ0n) is 17.5. The number of thioether (sulfide) groups is 1. The van der Waals surface area contributed by atoms with Crippen molar-refractivity contribution in [1.29, 1.82) is 0 Å². The Morgan fingerprint density at radius 3 is 2.18 bits per heavy atom. The van der Waals surface area contributed by atoms with Crippen LogP contribution in [0.2, 0.25) is 0 Å². The van der Waals surface area contributed by atoms with Crippen LogP contribution in [-0.4, -0.2) is 38.3 Å². The summed E-state index contributed by atoms with van der Waals surface area (Å²) in [6.07, 6.45) is 0. The molecule has 0 saturated heterocycles. The summed E-state index contributed by atoms with van der Waals surface area (Å²) in [5, 5.41) is 13.9. The van der Waals surface area contributed by atoms with Gasteiger partial charge in [-0.25, -0.2) is 4.68 Å². The van der Waals surface area contributed by atoms with Crippen LogP contribution in [-0.2, 0) is 20.5 Å². The highest BCUT2D eigenvalue weighted by molar-refractivity contribution is 8.00. The summed E-state index contributed by atoms with van der Waals surface area (Å²) >= 11 is 1.23. The van der Waals surface area contributed by atoms with E-state index in [0.29, 0.717) is 17.4 Å². The number of carbonyl (C=O) groups is 2. The second kappa shape index (κ2) is 8.38. The van der Waals surface area contributed by atoms with E-state index in [2.05, 4.69) is 41.7 Å². The molecule has 0 radical (unpaired) electrons. The van der Waals surface area contributed by atoms with Crippen molar-refractivity contribution < 1.29 is 14.1 Å². The molecule has 0 aliphatic heterocycles. The summed E-state index contributed by atoms with van der Waals surface area (Å²) in [6.45, 7) is 14.1. The lowest BCUT2D eigenvalue weighted by Crippen LogP contribution is -2.28. The normalized spacial score (nSPS) is 12.1. The molecule has 2 amide bonds. The van der Waals surface area contributed by atoms with Gasteiger partial charge in [-0.2, -0.15) is 5.10 Å². The molecule has 0 atom stereocenters. The molecule has 8 nitrogen and oxygen atoms in total. The number of aryl methyl sites for hydroxylation is 1.